The number of benzene rings is 4. The van der Waals surface area contributed by atoms with Gasteiger partial charge < -0.3 is 40.7 Å². The van der Waals surface area contributed by atoms with Gasteiger partial charge in [0.05, 0.1) is 59.7 Å². The molecule has 0 spiro atoms. The Balaban J connectivity index is 0.00000739. The molecule has 7 aromatic rings. The average molecular weight is 1200 g/mol. The molecule has 15 heteroatoms. The molecule has 4 atom stereocenters. The Labute approximate surface area is 518 Å². The Kier molecular flexibility index (Phi) is 14.5. The molecule has 6 aliphatic rings. The molecule has 0 saturated heterocycles. The second kappa shape index (κ2) is 21.4. The number of aromatic nitrogens is 4. The third-order valence-corrected chi connectivity index (χ3v) is 19.0. The number of rotatable bonds is 14. The number of nitrogens with zero attached hydrogens (tertiary/aromatic N) is 4. The Morgan fingerprint density at radius 3 is 0.874 bits per heavy atom. The van der Waals surface area contributed by atoms with E-state index < -0.39 is 0 Å². The van der Waals surface area contributed by atoms with E-state index >= 15 is 0 Å². The molecule has 14 nitrogen and oxygen atoms in total. The van der Waals surface area contributed by atoms with Gasteiger partial charge in [0, 0.05) is 45.9 Å². The molecule has 4 unspecified atom stereocenters. The number of amides is 4. The van der Waals surface area contributed by atoms with Crippen LogP contribution < -0.4 is 40.7 Å². The van der Waals surface area contributed by atoms with E-state index in [1.807, 2.05) is 135 Å². The van der Waals surface area contributed by atoms with Crippen LogP contribution in [0.1, 0.15) is 115 Å². The quantitative estimate of drug-likeness (QED) is 0.0815. The van der Waals surface area contributed by atoms with E-state index in [0.717, 1.165) is 47.9 Å². The van der Waals surface area contributed by atoms with Crippen molar-refractivity contribution >= 4 is 92.7 Å². The Morgan fingerprint density at radius 1 is 0.391 bits per heavy atom. The van der Waals surface area contributed by atoms with Gasteiger partial charge in [0.25, 0.3) is 0 Å². The summed E-state index contributed by atoms with van der Waals surface area (Å²) >= 11 is 0. The number of nitrogens with one attached hydrogen (secondary N) is 4. The molecular weight excluding hydrogens is 1130 g/mol. The fourth-order valence-corrected chi connectivity index (χ4v) is 13.0. The second-order valence-electron chi connectivity index (χ2n) is 27.1. The van der Waals surface area contributed by atoms with Gasteiger partial charge in [-0.1, -0.05) is 116 Å². The van der Waals surface area contributed by atoms with E-state index in [2.05, 4.69) is 76.7 Å². The Hall–Kier alpha value is -8.53. The maximum atomic E-state index is 14.4. The molecule has 87 heavy (non-hydrogen) atoms. The zero-order valence-corrected chi connectivity index (χ0v) is 52.3. The first-order valence-corrected chi connectivity index (χ1v) is 29.8. The van der Waals surface area contributed by atoms with Gasteiger partial charge in [-0.25, -0.2) is 9.97 Å². The topological polar surface area (TPSA) is 189 Å². The minimum Gasteiger partial charge on any atom is -0.657 e. The molecule has 2 aliphatic heterocycles. The number of fused-ring (bicyclic) bond motifs is 8. The van der Waals surface area contributed by atoms with E-state index in [-0.39, 0.29) is 85.7 Å². The number of carbonyl (C=O) groups is 4. The molecule has 13 rings (SSSR count). The first-order chi connectivity index (χ1) is 41.0. The molecule has 3 aromatic heterocycles. The third kappa shape index (κ3) is 10.7. The molecule has 4 fully saturated rings. The van der Waals surface area contributed by atoms with Crippen LogP contribution in [0.2, 0.25) is 0 Å². The number of aryl methyl sites for hydroxylation is 2. The average Bonchev–Trinajstić information content (AvgIpc) is 1.76. The van der Waals surface area contributed by atoms with Crippen LogP contribution in [0.3, 0.4) is 0 Å². The second-order valence-corrected chi connectivity index (χ2v) is 27.1. The number of methoxy groups -OCH3 is 2. The van der Waals surface area contributed by atoms with E-state index in [1.54, 1.807) is 14.2 Å². The van der Waals surface area contributed by atoms with Crippen molar-refractivity contribution in [2.45, 2.75) is 94.9 Å². The fraction of sp³-hybridized carbons (Fsp3) is 0.333. The zero-order chi connectivity index (χ0) is 60.5. The van der Waals surface area contributed by atoms with Gasteiger partial charge >= 0.3 is 16.8 Å². The predicted molar refractivity (Wildman–Crippen MR) is 343 cm³/mol. The summed E-state index contributed by atoms with van der Waals surface area (Å²) in [5.41, 5.74) is 12.6. The van der Waals surface area contributed by atoms with Crippen LogP contribution in [0.5, 0.6) is 11.5 Å². The summed E-state index contributed by atoms with van der Waals surface area (Å²) in [6.07, 6.45) is 10.8. The van der Waals surface area contributed by atoms with E-state index in [4.69, 9.17) is 29.4 Å². The zero-order valence-electron chi connectivity index (χ0n) is 51.3. The summed E-state index contributed by atoms with van der Waals surface area (Å²) in [6.45, 7) is 20.8. The molecule has 445 valence electrons. The van der Waals surface area contributed by atoms with Crippen LogP contribution in [-0.4, -0.2) is 47.8 Å². The monoisotopic (exact) mass is 1200 g/mol. The molecule has 1 radical (unpaired) electrons. The van der Waals surface area contributed by atoms with Gasteiger partial charge in [-0.3, -0.25) is 19.2 Å². The molecule has 4 aromatic carbocycles. The molecule has 8 bridgehead atoms. The minimum absolute atomic E-state index is 0. The number of carbonyl (C=O) groups excluding carboxylic acids is 4. The van der Waals surface area contributed by atoms with Gasteiger partial charge in [0.2, 0.25) is 23.6 Å². The van der Waals surface area contributed by atoms with Gasteiger partial charge in [-0.05, 0) is 155 Å². The van der Waals surface area contributed by atoms with E-state index in [1.165, 1.54) is 0 Å². The van der Waals surface area contributed by atoms with Crippen molar-refractivity contribution in [2.24, 2.45) is 45.3 Å². The normalized spacial score (nSPS) is 19.9. The standard InChI is InChI=1S/C72H74N8O6.Co/c1-37-17-13-23-55(85-11)57(37)59-47-25-29-51(73-47)63(61-43(77-65(81)39-33-69(39,3)4)19-15-20-44(61)78-66(82)40-34-70(40,5)6)53-31-27-49(75-53)60(58-38(2)18-14-24-56(58)86-12)50-28-32-54(76-50)64(52-30-26-48(59)74-52)62-45(79-67(83)41-35-71(41,7)8)21-16-22-46(62)80-68(84)42-36-72(42,9)10;/h13-32,39-42H,33-36H2,1-12H3,(H6,73,74,75,76,77,78,79,80,81,82,83,84);/q;+2/p-2. The minimum atomic E-state index is -0.206. The smallest absolute Gasteiger partial charge is 0.657 e. The predicted octanol–water partition coefficient (Wildman–Crippen LogP) is 15.2. The van der Waals surface area contributed by atoms with Crippen molar-refractivity contribution in [3.8, 4) is 56.0 Å². The van der Waals surface area contributed by atoms with Crippen molar-refractivity contribution in [3.63, 3.8) is 0 Å². The molecule has 4 amide bonds. The van der Waals surface area contributed by atoms with Crippen LogP contribution in [0.15, 0.2) is 97.1 Å². The maximum absolute atomic E-state index is 14.4. The van der Waals surface area contributed by atoms with Crippen molar-refractivity contribution < 1.29 is 45.4 Å². The number of hydrogen-bond acceptors (Lipinski definition) is 8. The van der Waals surface area contributed by atoms with Crippen LogP contribution in [0.25, 0.3) is 90.9 Å². The van der Waals surface area contributed by atoms with Gasteiger partial charge in [-0.2, -0.15) is 0 Å². The summed E-state index contributed by atoms with van der Waals surface area (Å²) in [7, 11) is 3.29. The Morgan fingerprint density at radius 2 is 0.632 bits per heavy atom. The number of anilines is 4. The largest absolute Gasteiger partial charge is 2.00 e. The first-order valence-electron chi connectivity index (χ1n) is 29.8. The molecule has 5 heterocycles. The van der Waals surface area contributed by atoms with Crippen molar-refractivity contribution in [1.29, 1.82) is 0 Å². The third-order valence-electron chi connectivity index (χ3n) is 19.0. The van der Waals surface area contributed by atoms with E-state index in [0.29, 0.717) is 112 Å². The number of hydrogen-bond donors (Lipinski definition) is 4. The number of ether oxygens (including phenoxy) is 2. The molecular formula is C72H72CoN8O6. The fourth-order valence-electron chi connectivity index (χ4n) is 13.0. The Bertz CT molecular complexity index is 3950. The molecule has 4 N–H and O–H groups in total. The van der Waals surface area contributed by atoms with Gasteiger partial charge in [0.15, 0.2) is 0 Å². The summed E-state index contributed by atoms with van der Waals surface area (Å²) in [5, 5.41) is 13.3. The summed E-state index contributed by atoms with van der Waals surface area (Å²) < 4.78 is 12.4. The van der Waals surface area contributed by atoms with Gasteiger partial charge in [0.1, 0.15) is 11.5 Å². The van der Waals surface area contributed by atoms with Crippen LogP contribution in [-0.2, 0) is 36.0 Å². The van der Waals surface area contributed by atoms with Crippen LogP contribution in [0, 0.1) is 59.2 Å². The van der Waals surface area contributed by atoms with E-state index in [9.17, 15) is 19.2 Å². The summed E-state index contributed by atoms with van der Waals surface area (Å²) in [4.78, 5) is 80.0. The van der Waals surface area contributed by atoms with Crippen LogP contribution >= 0.6 is 0 Å². The summed E-state index contributed by atoms with van der Waals surface area (Å²) in [5.74, 6) is -0.0697. The van der Waals surface area contributed by atoms with Crippen molar-refractivity contribution in [2.75, 3.05) is 35.5 Å². The molecule has 4 saturated carbocycles. The summed E-state index contributed by atoms with van der Waals surface area (Å²) in [6, 6.07) is 30.9. The maximum Gasteiger partial charge on any atom is 2.00 e. The van der Waals surface area contributed by atoms with Crippen LogP contribution in [0.4, 0.5) is 22.7 Å². The SMILES string of the molecule is COc1cccc(C)c1-c1c2nc(c(-c3c(NC(=O)C4CC4(C)C)cccc3NC(=O)C3CC3(C)C)c3ccc([n-]3)c(-c3c(C)cccc3OC)c3nc(c(-c4c(NC(=O)C5CC5(C)C)cccc4NC(=O)C4CC4(C)C)c4ccc1[n-]4)C=C3)C=C2.[Co+2]. The van der Waals surface area contributed by atoms with Gasteiger partial charge in [-0.15, -0.1) is 22.1 Å². The molecule has 4 aliphatic carbocycles. The van der Waals surface area contributed by atoms with Crippen molar-refractivity contribution in [1.82, 2.24) is 19.9 Å². The van der Waals surface area contributed by atoms with Crippen molar-refractivity contribution in [3.05, 3.63) is 131 Å². The first kappa shape index (κ1) is 58.8.